The van der Waals surface area contributed by atoms with Crippen molar-refractivity contribution in [2.75, 3.05) is 40.9 Å². The van der Waals surface area contributed by atoms with Gasteiger partial charge in [-0.1, -0.05) is 346 Å². The molecule has 476 valence electrons. The number of aliphatic hydroxyl groups is 1. The molecule has 80 heavy (non-hydrogen) atoms. The van der Waals surface area contributed by atoms with Crippen molar-refractivity contribution >= 4 is 13.7 Å². The second kappa shape index (κ2) is 62.5. The molecule has 2 N–H and O–H groups in total. The predicted molar refractivity (Wildman–Crippen MR) is 349 cm³/mol. The van der Waals surface area contributed by atoms with Crippen molar-refractivity contribution in [1.82, 2.24) is 5.32 Å². The molecule has 1 amide bonds. The summed E-state index contributed by atoms with van der Waals surface area (Å²) in [5.74, 6) is -0.157. The van der Waals surface area contributed by atoms with Crippen LogP contribution in [0.5, 0.6) is 0 Å². The summed E-state index contributed by atoms with van der Waals surface area (Å²) in [6.07, 6.45) is 81.2. The van der Waals surface area contributed by atoms with Crippen molar-refractivity contribution in [2.24, 2.45) is 0 Å². The van der Waals surface area contributed by atoms with E-state index in [0.29, 0.717) is 23.9 Å². The molecule has 0 aliphatic heterocycles. The lowest BCUT2D eigenvalue weighted by Crippen LogP contribution is -2.46. The Hall–Kier alpha value is -1.02. The van der Waals surface area contributed by atoms with E-state index in [0.717, 1.165) is 44.9 Å². The summed E-state index contributed by atoms with van der Waals surface area (Å²) in [5, 5.41) is 14.1. The number of phosphoric acid groups is 1. The molecule has 0 saturated carbocycles. The first-order chi connectivity index (χ1) is 39.0. The normalized spacial score (nSPS) is 13.7. The van der Waals surface area contributed by atoms with Gasteiger partial charge in [-0.3, -0.25) is 9.36 Å². The first kappa shape index (κ1) is 79.0. The van der Waals surface area contributed by atoms with Crippen LogP contribution in [-0.2, 0) is 18.4 Å². The number of allylic oxidation sites excluding steroid dienone is 4. The monoisotopic (exact) mass is 1150 g/mol. The first-order valence-corrected chi connectivity index (χ1v) is 37.1. The van der Waals surface area contributed by atoms with E-state index in [1.54, 1.807) is 0 Å². The Morgan fingerprint density at radius 1 is 0.438 bits per heavy atom. The topological polar surface area (TPSA) is 108 Å². The van der Waals surface area contributed by atoms with Gasteiger partial charge in [0.1, 0.15) is 13.2 Å². The van der Waals surface area contributed by atoms with E-state index in [2.05, 4.69) is 43.5 Å². The molecule has 8 nitrogen and oxygen atoms in total. The molecule has 0 rings (SSSR count). The van der Waals surface area contributed by atoms with Gasteiger partial charge in [0.2, 0.25) is 5.91 Å². The molecule has 0 spiro atoms. The van der Waals surface area contributed by atoms with Gasteiger partial charge in [-0.2, -0.15) is 0 Å². The minimum atomic E-state index is -4.58. The van der Waals surface area contributed by atoms with E-state index in [1.165, 1.54) is 302 Å². The molecule has 3 atom stereocenters. The molecule has 0 bridgehead atoms. The van der Waals surface area contributed by atoms with Crippen LogP contribution in [0.15, 0.2) is 24.3 Å². The van der Waals surface area contributed by atoms with Crippen molar-refractivity contribution < 1.29 is 32.9 Å². The molecule has 3 unspecified atom stereocenters. The van der Waals surface area contributed by atoms with Gasteiger partial charge in [0.15, 0.2) is 0 Å². The van der Waals surface area contributed by atoms with Gasteiger partial charge in [-0.25, -0.2) is 0 Å². The van der Waals surface area contributed by atoms with Gasteiger partial charge < -0.3 is 28.8 Å². The maximum atomic E-state index is 13.1. The molecule has 0 aromatic rings. The lowest BCUT2D eigenvalue weighted by Gasteiger charge is -2.30. The minimum Gasteiger partial charge on any atom is -0.756 e. The van der Waals surface area contributed by atoms with Gasteiger partial charge in [-0.15, -0.1) is 0 Å². The summed E-state index contributed by atoms with van der Waals surface area (Å²) < 4.78 is 23.5. The summed E-state index contributed by atoms with van der Waals surface area (Å²) in [5.41, 5.74) is 0. The van der Waals surface area contributed by atoms with Crippen LogP contribution < -0.4 is 10.2 Å². The number of carbonyl (C=O) groups is 1. The third-order valence-electron chi connectivity index (χ3n) is 16.7. The highest BCUT2D eigenvalue weighted by molar-refractivity contribution is 7.45. The van der Waals surface area contributed by atoms with E-state index < -0.39 is 20.0 Å². The highest BCUT2D eigenvalue weighted by atomic mass is 31.2. The SMILES string of the molecule is CCCCCCCCCCC/C=C\C/C=C\CCCCCCCCCCCCCCCCCCCC(=O)NC(COP(=O)([O-])OCC[N+](C)(C)C)C(O)CCCCCCCCCCCCCCCCCCCCCCCCCCC. The Bertz CT molecular complexity index is 1350. The average Bonchev–Trinajstić information content (AvgIpc) is 3.42. The number of rotatable bonds is 67. The van der Waals surface area contributed by atoms with Crippen LogP contribution in [0.2, 0.25) is 0 Å². The van der Waals surface area contributed by atoms with Gasteiger partial charge >= 0.3 is 0 Å². The van der Waals surface area contributed by atoms with Crippen molar-refractivity contribution in [2.45, 2.75) is 386 Å². The minimum absolute atomic E-state index is 0.0148. The van der Waals surface area contributed by atoms with Gasteiger partial charge in [0, 0.05) is 6.42 Å². The molecule has 0 radical (unpaired) electrons. The number of nitrogens with one attached hydrogen (secondary N) is 1. The highest BCUT2D eigenvalue weighted by Gasteiger charge is 2.24. The van der Waals surface area contributed by atoms with E-state index >= 15 is 0 Å². The predicted octanol–water partition coefficient (Wildman–Crippen LogP) is 22.0. The largest absolute Gasteiger partial charge is 0.756 e. The number of hydrogen-bond acceptors (Lipinski definition) is 6. The molecular weight excluding hydrogens is 1010 g/mol. The molecule has 0 aromatic carbocycles. The Morgan fingerprint density at radius 2 is 0.725 bits per heavy atom. The zero-order valence-electron chi connectivity index (χ0n) is 54.6. The fourth-order valence-electron chi connectivity index (χ4n) is 11.1. The zero-order valence-corrected chi connectivity index (χ0v) is 55.5. The molecule has 0 aromatic heterocycles. The molecule has 0 fully saturated rings. The maximum Gasteiger partial charge on any atom is 0.268 e. The van der Waals surface area contributed by atoms with Crippen LogP contribution in [0.1, 0.15) is 373 Å². The Balaban J connectivity index is 3.99. The smallest absolute Gasteiger partial charge is 0.268 e. The fraction of sp³-hybridized carbons (Fsp3) is 0.930. The number of unbranched alkanes of at least 4 members (excludes halogenated alkanes) is 50. The number of likely N-dealkylation sites (N-methyl/N-ethyl adjacent to an activating group) is 1. The van der Waals surface area contributed by atoms with E-state index in [4.69, 9.17) is 9.05 Å². The zero-order chi connectivity index (χ0) is 58.4. The summed E-state index contributed by atoms with van der Waals surface area (Å²) in [6.45, 7) is 4.79. The second-order valence-electron chi connectivity index (χ2n) is 26.0. The van der Waals surface area contributed by atoms with Crippen LogP contribution in [0, 0.1) is 0 Å². The number of quaternary nitrogens is 1. The van der Waals surface area contributed by atoms with Gasteiger partial charge in [0.05, 0.1) is 39.9 Å². The Kier molecular flexibility index (Phi) is 61.7. The van der Waals surface area contributed by atoms with E-state index in [9.17, 15) is 19.4 Å². The van der Waals surface area contributed by atoms with Crippen LogP contribution in [0.3, 0.4) is 0 Å². The third-order valence-corrected chi connectivity index (χ3v) is 17.7. The molecule has 0 saturated heterocycles. The molecule has 0 aliphatic rings. The second-order valence-corrected chi connectivity index (χ2v) is 27.4. The summed E-state index contributed by atoms with van der Waals surface area (Å²) in [7, 11) is 1.32. The van der Waals surface area contributed by atoms with Crippen molar-refractivity contribution in [3.8, 4) is 0 Å². The molecule has 0 aliphatic carbocycles. The van der Waals surface area contributed by atoms with E-state index in [1.807, 2.05) is 21.1 Å². The average molecular weight is 1150 g/mol. The number of amides is 1. The lowest BCUT2D eigenvalue weighted by molar-refractivity contribution is -0.870. The maximum absolute atomic E-state index is 13.1. The summed E-state index contributed by atoms with van der Waals surface area (Å²) in [6, 6.07) is -0.800. The molecular formula is C71H141N2O6P. The quantitative estimate of drug-likeness (QED) is 0.0272. The van der Waals surface area contributed by atoms with Crippen molar-refractivity contribution in [3.63, 3.8) is 0 Å². The van der Waals surface area contributed by atoms with Crippen LogP contribution in [0.25, 0.3) is 0 Å². The van der Waals surface area contributed by atoms with Crippen LogP contribution >= 0.6 is 7.82 Å². The molecule has 0 heterocycles. The first-order valence-electron chi connectivity index (χ1n) is 35.7. The number of hydrogen-bond donors (Lipinski definition) is 2. The number of phosphoric ester groups is 1. The summed E-state index contributed by atoms with van der Waals surface area (Å²) in [4.78, 5) is 25.7. The van der Waals surface area contributed by atoms with Gasteiger partial charge in [0.25, 0.3) is 7.82 Å². The van der Waals surface area contributed by atoms with Crippen LogP contribution in [-0.4, -0.2) is 68.5 Å². The van der Waals surface area contributed by atoms with Gasteiger partial charge in [-0.05, 0) is 44.9 Å². The number of nitrogens with zero attached hydrogens (tertiary/aromatic N) is 1. The molecule has 9 heteroatoms. The number of aliphatic hydroxyl groups excluding tert-OH is 1. The van der Waals surface area contributed by atoms with E-state index in [-0.39, 0.29) is 19.1 Å². The highest BCUT2D eigenvalue weighted by Crippen LogP contribution is 2.38. The standard InChI is InChI=1S/C71H141N2O6P/c1-6-8-10-12-14-16-18-20-22-24-26-28-30-32-33-34-35-36-37-38-39-41-43-45-47-49-51-53-55-57-59-61-63-65-71(75)72-69(68-79-80(76,77)78-67-66-73(3,4)5)70(74)64-62-60-58-56-54-52-50-48-46-44-42-40-31-29-27-25-23-21-19-17-15-13-11-9-7-2/h26,28,32-33,69-70,74H,6-25,27,29-31,34-68H2,1-5H3,(H-,72,75,76,77)/b28-26-,33-32-. The lowest BCUT2D eigenvalue weighted by atomic mass is 10.0. The van der Waals surface area contributed by atoms with Crippen LogP contribution in [0.4, 0.5) is 0 Å². The van der Waals surface area contributed by atoms with Crippen molar-refractivity contribution in [3.05, 3.63) is 24.3 Å². The summed E-state index contributed by atoms with van der Waals surface area (Å²) >= 11 is 0. The van der Waals surface area contributed by atoms with Crippen molar-refractivity contribution in [1.29, 1.82) is 0 Å². The Labute approximate surface area is 500 Å². The Morgan fingerprint density at radius 3 is 1.04 bits per heavy atom. The fourth-order valence-corrected chi connectivity index (χ4v) is 11.9. The number of carbonyl (C=O) groups excluding carboxylic acids is 1. The third kappa shape index (κ3) is 64.5.